The molecule has 34 heavy (non-hydrogen) atoms. The summed E-state index contributed by atoms with van der Waals surface area (Å²) in [7, 11) is -0.195. The minimum absolute atomic E-state index is 0.115. The van der Waals surface area contributed by atoms with Crippen molar-refractivity contribution in [2.24, 2.45) is 0 Å². The maximum atomic E-state index is 13.5. The van der Waals surface area contributed by atoms with Crippen LogP contribution < -0.4 is 19.7 Å². The molecule has 3 rings (SSSR count). The molecule has 0 bridgehead atoms. The first kappa shape index (κ1) is 25.6. The van der Waals surface area contributed by atoms with Crippen LogP contribution in [0.1, 0.15) is 0 Å². The average molecular weight is 507 g/mol. The van der Waals surface area contributed by atoms with Gasteiger partial charge in [-0.15, -0.1) is 0 Å². The molecule has 0 aliphatic rings. The van der Waals surface area contributed by atoms with Crippen LogP contribution in [-0.2, 0) is 10.0 Å². The minimum Gasteiger partial charge on any atom is -0.472 e. The van der Waals surface area contributed by atoms with Crippen molar-refractivity contribution in [2.45, 2.75) is 5.22 Å². The van der Waals surface area contributed by atoms with Gasteiger partial charge in [-0.25, -0.2) is 31.3 Å². The van der Waals surface area contributed by atoms with Crippen LogP contribution in [-0.4, -0.2) is 47.3 Å². The van der Waals surface area contributed by atoms with Gasteiger partial charge in [-0.3, -0.25) is 5.32 Å². The molecule has 3 N–H and O–H groups in total. The fourth-order valence-electron chi connectivity index (χ4n) is 2.73. The highest BCUT2D eigenvalue weighted by atomic mass is 32.2. The van der Waals surface area contributed by atoms with E-state index >= 15 is 0 Å². The topological polar surface area (TPSA) is 97.9 Å². The number of benzene rings is 2. The first-order chi connectivity index (χ1) is 16.0. The Morgan fingerprint density at radius 2 is 1.53 bits per heavy atom. The van der Waals surface area contributed by atoms with Gasteiger partial charge >= 0.3 is 5.22 Å². The number of oxazole rings is 1. The lowest BCUT2D eigenvalue weighted by Gasteiger charge is -2.11. The highest BCUT2D eigenvalue weighted by Crippen LogP contribution is 2.29. The van der Waals surface area contributed by atoms with Crippen LogP contribution in [0.25, 0.3) is 11.3 Å². The zero-order valence-electron chi connectivity index (χ0n) is 17.9. The zero-order chi connectivity index (χ0) is 25.0. The summed E-state index contributed by atoms with van der Waals surface area (Å²) in [5, 5.41) is 1.87. The molecule has 3 aromatic rings. The fourth-order valence-corrected chi connectivity index (χ4v) is 3.61. The Kier molecular flexibility index (Phi) is 7.86. The molecule has 0 unspecified atom stereocenters. The molecule has 2 aromatic carbocycles. The molecule has 0 saturated heterocycles. The predicted molar refractivity (Wildman–Crippen MR) is 109 cm³/mol. The zero-order valence-corrected chi connectivity index (χ0v) is 18.7. The van der Waals surface area contributed by atoms with Gasteiger partial charge in [0.25, 0.3) is 10.0 Å². The van der Waals surface area contributed by atoms with Gasteiger partial charge in [0, 0.05) is 18.7 Å². The molecule has 0 radical (unpaired) electrons. The standard InChI is InChI=1S/C20H19F5N4O4S/c1-29(2)12-5-3-11(4-6-12)13-9-27-20(33-13)34(30,31)28-8-7-26-10-32-19-17(24)15(22)14(21)16(23)18(19)25/h3-6,9,26,28H,7-8,10H2,1-2H3/p+1. The Morgan fingerprint density at radius 3 is 2.12 bits per heavy atom. The number of rotatable bonds is 10. The van der Waals surface area contributed by atoms with E-state index in [0.29, 0.717) is 5.56 Å². The van der Waals surface area contributed by atoms with Gasteiger partial charge in [0.15, 0.2) is 11.5 Å². The quantitative estimate of drug-likeness (QED) is 0.127. The van der Waals surface area contributed by atoms with Crippen molar-refractivity contribution >= 4 is 15.7 Å². The molecule has 1 heterocycles. The van der Waals surface area contributed by atoms with E-state index in [2.05, 4.69) is 19.8 Å². The molecule has 0 saturated carbocycles. The lowest BCUT2D eigenvalue weighted by molar-refractivity contribution is -0.786. The van der Waals surface area contributed by atoms with Crippen LogP contribution in [0.4, 0.5) is 27.6 Å². The van der Waals surface area contributed by atoms with Crippen LogP contribution in [0.5, 0.6) is 5.75 Å². The molecule has 0 spiro atoms. The van der Waals surface area contributed by atoms with Crippen LogP contribution in [0.3, 0.4) is 0 Å². The van der Waals surface area contributed by atoms with Crippen LogP contribution >= 0.6 is 0 Å². The second-order valence-electron chi connectivity index (χ2n) is 7.15. The van der Waals surface area contributed by atoms with Gasteiger partial charge in [0.05, 0.1) is 20.3 Å². The van der Waals surface area contributed by atoms with Gasteiger partial charge in [0.1, 0.15) is 12.4 Å². The number of hydrogen-bond acceptors (Lipinski definition) is 6. The molecule has 14 heteroatoms. The summed E-state index contributed by atoms with van der Waals surface area (Å²) in [6.45, 7) is -0.995. The van der Waals surface area contributed by atoms with Crippen molar-refractivity contribution in [3.05, 3.63) is 59.5 Å². The van der Waals surface area contributed by atoms with E-state index in [1.807, 2.05) is 26.2 Å². The van der Waals surface area contributed by atoms with E-state index in [9.17, 15) is 30.4 Å². The van der Waals surface area contributed by atoms with Crippen molar-refractivity contribution in [1.82, 2.24) is 15.0 Å². The number of aromatic nitrogens is 1. The minimum atomic E-state index is -4.11. The first-order valence-corrected chi connectivity index (χ1v) is 11.2. The summed E-state index contributed by atoms with van der Waals surface area (Å²) >= 11 is 0. The maximum absolute atomic E-state index is 13.5. The molecule has 0 atom stereocenters. The highest BCUT2D eigenvalue weighted by Gasteiger charge is 2.27. The number of nitrogens with zero attached hydrogens (tertiary/aromatic N) is 1. The number of nitrogens with one attached hydrogen (secondary N) is 3. The van der Waals surface area contributed by atoms with Crippen molar-refractivity contribution in [1.29, 1.82) is 0 Å². The van der Waals surface area contributed by atoms with E-state index in [0.717, 1.165) is 10.6 Å². The Balaban J connectivity index is 1.51. The third-order valence-corrected chi connectivity index (χ3v) is 5.78. The monoisotopic (exact) mass is 507 g/mol. The van der Waals surface area contributed by atoms with Crippen LogP contribution in [0.15, 0.2) is 40.1 Å². The largest absolute Gasteiger partial charge is 0.472 e. The van der Waals surface area contributed by atoms with E-state index in [4.69, 9.17) is 4.42 Å². The lowest BCUT2D eigenvalue weighted by atomic mass is 10.1. The molecule has 0 amide bonds. The molecule has 184 valence electrons. The molecule has 0 aliphatic heterocycles. The Bertz CT molecular complexity index is 1240. The molecular weight excluding hydrogens is 487 g/mol. The summed E-state index contributed by atoms with van der Waals surface area (Å²) in [5.74, 6) is -12.0. The fraction of sp³-hybridized carbons (Fsp3) is 0.250. The predicted octanol–water partition coefficient (Wildman–Crippen LogP) is 1.72. The Morgan fingerprint density at radius 1 is 0.941 bits per heavy atom. The normalized spacial score (nSPS) is 11.9. The molecule has 0 fully saturated rings. The number of sulfonamides is 1. The van der Waals surface area contributed by atoms with Crippen molar-refractivity contribution in [3.63, 3.8) is 0 Å². The lowest BCUT2D eigenvalue weighted by Crippen LogP contribution is -3.00. The SMILES string of the molecule is C[NH+](C)c1ccc(-c2cnc(S(=O)(=O)NCCNCOc3c(F)c(F)c(F)c(F)c3F)o2)cc1. The number of ether oxygens (including phenoxy) is 1. The van der Waals surface area contributed by atoms with Gasteiger partial charge in [-0.2, -0.15) is 8.78 Å². The van der Waals surface area contributed by atoms with Crippen molar-refractivity contribution in [2.75, 3.05) is 33.9 Å². The maximum Gasteiger partial charge on any atom is 0.331 e. The van der Waals surface area contributed by atoms with Gasteiger partial charge in [-0.1, -0.05) is 0 Å². The molecular formula is C20H20F5N4O4S+. The summed E-state index contributed by atoms with van der Waals surface area (Å²) in [4.78, 5) is 4.88. The number of hydrogen-bond donors (Lipinski definition) is 3. The van der Waals surface area contributed by atoms with Gasteiger partial charge in [0.2, 0.25) is 29.1 Å². The van der Waals surface area contributed by atoms with Crippen molar-refractivity contribution < 1.29 is 44.4 Å². The molecule has 0 aliphatic carbocycles. The molecule has 1 aromatic heterocycles. The van der Waals surface area contributed by atoms with E-state index in [1.54, 1.807) is 12.1 Å². The summed E-state index contributed by atoms with van der Waals surface area (Å²) in [6.07, 6.45) is 1.27. The second-order valence-corrected chi connectivity index (χ2v) is 8.80. The number of halogens is 5. The average Bonchev–Trinajstić information content (AvgIpc) is 3.32. The van der Waals surface area contributed by atoms with Crippen LogP contribution in [0, 0.1) is 29.1 Å². The summed E-state index contributed by atoms with van der Waals surface area (Å²) in [6, 6.07) is 7.25. The van der Waals surface area contributed by atoms with E-state index < -0.39 is 56.8 Å². The van der Waals surface area contributed by atoms with E-state index in [1.165, 1.54) is 6.20 Å². The van der Waals surface area contributed by atoms with Gasteiger partial charge in [-0.05, 0) is 24.3 Å². The third kappa shape index (κ3) is 5.52. The Hall–Kier alpha value is -3.07. The molecule has 8 nitrogen and oxygen atoms in total. The van der Waals surface area contributed by atoms with Crippen molar-refractivity contribution in [3.8, 4) is 17.1 Å². The Labute approximate surface area is 191 Å². The summed E-state index contributed by atoms with van der Waals surface area (Å²) < 4.78 is 103. The smallest absolute Gasteiger partial charge is 0.331 e. The summed E-state index contributed by atoms with van der Waals surface area (Å²) in [5.41, 5.74) is 1.65. The second kappa shape index (κ2) is 10.5. The van der Waals surface area contributed by atoms with E-state index in [-0.39, 0.29) is 18.8 Å². The third-order valence-electron chi connectivity index (χ3n) is 4.54. The first-order valence-electron chi connectivity index (χ1n) is 9.74. The van der Waals surface area contributed by atoms with Gasteiger partial charge < -0.3 is 14.1 Å². The van der Waals surface area contributed by atoms with Crippen LogP contribution in [0.2, 0.25) is 0 Å². The highest BCUT2D eigenvalue weighted by molar-refractivity contribution is 7.89. The number of quaternary nitrogens is 1.